The molecule has 0 atom stereocenters. The summed E-state index contributed by atoms with van der Waals surface area (Å²) in [5.74, 6) is 3.36. The summed E-state index contributed by atoms with van der Waals surface area (Å²) < 4.78 is 11.0. The molecule has 0 aliphatic carbocycles. The quantitative estimate of drug-likeness (QED) is 0.491. The van der Waals surface area contributed by atoms with Crippen LogP contribution in [0, 0.1) is 0 Å². The number of aryl methyl sites for hydroxylation is 2. The zero-order valence-corrected chi connectivity index (χ0v) is 17.2. The van der Waals surface area contributed by atoms with Gasteiger partial charge in [0.25, 0.3) is 0 Å². The van der Waals surface area contributed by atoms with E-state index in [1.807, 2.05) is 24.4 Å². The Morgan fingerprint density at radius 2 is 2.03 bits per heavy atom. The molecule has 6 heterocycles. The third-order valence-corrected chi connectivity index (χ3v) is 5.99. The van der Waals surface area contributed by atoms with Crippen molar-refractivity contribution < 1.29 is 4.74 Å². The van der Waals surface area contributed by atoms with Gasteiger partial charge in [0, 0.05) is 49.7 Å². The maximum absolute atomic E-state index is 12.1. The fraction of sp³-hybridized carbons (Fsp3) is 0.381. The molecule has 2 aliphatic heterocycles. The lowest BCUT2D eigenvalue weighted by Crippen LogP contribution is -2.29. The van der Waals surface area contributed by atoms with E-state index in [0.29, 0.717) is 24.5 Å². The topological polar surface area (TPSA) is 95.4 Å². The van der Waals surface area contributed by atoms with Gasteiger partial charge in [-0.1, -0.05) is 6.42 Å². The van der Waals surface area contributed by atoms with Gasteiger partial charge in [0.15, 0.2) is 23.0 Å². The molecule has 0 amide bonds. The van der Waals surface area contributed by atoms with Crippen molar-refractivity contribution in [2.75, 3.05) is 18.1 Å². The van der Waals surface area contributed by atoms with Crippen LogP contribution in [0.5, 0.6) is 5.75 Å². The van der Waals surface area contributed by atoms with Gasteiger partial charge in [-0.05, 0) is 25.0 Å². The van der Waals surface area contributed by atoms with Crippen LogP contribution in [0.15, 0.2) is 35.4 Å². The maximum Gasteiger partial charge on any atom is 0.350 e. The van der Waals surface area contributed by atoms with E-state index in [1.165, 1.54) is 15.5 Å². The zero-order chi connectivity index (χ0) is 20.9. The van der Waals surface area contributed by atoms with Crippen molar-refractivity contribution >= 4 is 17.2 Å². The molecule has 2 aliphatic rings. The molecule has 0 aromatic carbocycles. The van der Waals surface area contributed by atoms with Crippen LogP contribution in [0.25, 0.3) is 17.0 Å². The van der Waals surface area contributed by atoms with Crippen LogP contribution in [0.1, 0.15) is 25.1 Å². The predicted octanol–water partition coefficient (Wildman–Crippen LogP) is 1.94. The smallest absolute Gasteiger partial charge is 0.350 e. The molecule has 158 valence electrons. The Morgan fingerprint density at radius 1 is 1.10 bits per heavy atom. The lowest BCUT2D eigenvalue weighted by atomic mass is 10.2. The second-order valence-electron chi connectivity index (χ2n) is 7.97. The normalized spacial score (nSPS) is 16.0. The molecule has 6 rings (SSSR count). The fourth-order valence-corrected chi connectivity index (χ4v) is 4.41. The molecular weight excluding hydrogens is 396 g/mol. The number of hydrogen-bond acceptors (Lipinski definition) is 7. The number of ether oxygens (including phenoxy) is 1. The Morgan fingerprint density at radius 3 is 2.97 bits per heavy atom. The second-order valence-corrected chi connectivity index (χ2v) is 7.97. The predicted molar refractivity (Wildman–Crippen MR) is 114 cm³/mol. The Labute approximate surface area is 177 Å². The van der Waals surface area contributed by atoms with Crippen LogP contribution in [0.3, 0.4) is 0 Å². The first kappa shape index (κ1) is 18.1. The van der Waals surface area contributed by atoms with Gasteiger partial charge >= 0.3 is 5.69 Å². The van der Waals surface area contributed by atoms with Gasteiger partial charge in [-0.3, -0.25) is 4.40 Å². The standard InChI is InChI=1S/C21H22N8O2/c1-26-21(30)29-8-6-15(12-18(29)25-26)27-9-10-31-16-11-14(13-22-20(16)27)19-24-23-17-5-3-2-4-7-28(17)19/h6,8,11-13H,2-5,7,9-10H2,1H3. The first-order valence-electron chi connectivity index (χ1n) is 10.6. The van der Waals surface area contributed by atoms with Gasteiger partial charge in [-0.2, -0.15) is 5.10 Å². The number of hydrogen-bond donors (Lipinski definition) is 0. The van der Waals surface area contributed by atoms with E-state index in [9.17, 15) is 4.79 Å². The minimum atomic E-state index is -0.167. The minimum absolute atomic E-state index is 0.167. The number of pyridine rings is 2. The maximum atomic E-state index is 12.1. The van der Waals surface area contributed by atoms with Crippen molar-refractivity contribution in [3.8, 4) is 17.1 Å². The van der Waals surface area contributed by atoms with Crippen molar-refractivity contribution in [1.82, 2.24) is 33.9 Å². The fourth-order valence-electron chi connectivity index (χ4n) is 4.41. The number of aromatic nitrogens is 7. The largest absolute Gasteiger partial charge is 0.488 e. The Kier molecular flexibility index (Phi) is 4.05. The number of rotatable bonds is 2. The first-order chi connectivity index (χ1) is 15.2. The molecule has 0 saturated carbocycles. The van der Waals surface area contributed by atoms with Crippen LogP contribution in [0.2, 0.25) is 0 Å². The highest BCUT2D eigenvalue weighted by Gasteiger charge is 2.24. The van der Waals surface area contributed by atoms with Gasteiger partial charge in [-0.25, -0.2) is 14.5 Å². The number of nitrogens with zero attached hydrogens (tertiary/aromatic N) is 8. The van der Waals surface area contributed by atoms with Crippen LogP contribution in [-0.4, -0.2) is 47.1 Å². The van der Waals surface area contributed by atoms with Crippen LogP contribution in [-0.2, 0) is 20.0 Å². The van der Waals surface area contributed by atoms with E-state index < -0.39 is 0 Å². The molecule has 4 aromatic rings. The molecule has 4 aromatic heterocycles. The Hall–Kier alpha value is -3.69. The summed E-state index contributed by atoms with van der Waals surface area (Å²) in [7, 11) is 1.65. The van der Waals surface area contributed by atoms with Crippen LogP contribution in [0.4, 0.5) is 11.5 Å². The summed E-state index contributed by atoms with van der Waals surface area (Å²) >= 11 is 0. The third kappa shape index (κ3) is 2.89. The molecule has 0 radical (unpaired) electrons. The average molecular weight is 418 g/mol. The summed E-state index contributed by atoms with van der Waals surface area (Å²) in [5, 5.41) is 13.1. The van der Waals surface area contributed by atoms with Crippen molar-refractivity contribution in [3.63, 3.8) is 0 Å². The first-order valence-corrected chi connectivity index (χ1v) is 10.6. The summed E-state index contributed by atoms with van der Waals surface area (Å²) in [5.41, 5.74) is 2.26. The Bertz CT molecular complexity index is 1350. The van der Waals surface area contributed by atoms with Crippen LogP contribution < -0.4 is 15.3 Å². The van der Waals surface area contributed by atoms with Crippen molar-refractivity contribution in [1.29, 1.82) is 0 Å². The molecule has 0 N–H and O–H groups in total. The van der Waals surface area contributed by atoms with Gasteiger partial charge in [0.1, 0.15) is 12.4 Å². The Balaban J connectivity index is 1.39. The van der Waals surface area contributed by atoms with E-state index in [1.54, 1.807) is 13.2 Å². The summed E-state index contributed by atoms with van der Waals surface area (Å²) in [6.45, 7) is 2.13. The molecule has 0 spiro atoms. The number of fused-ring (bicyclic) bond motifs is 3. The van der Waals surface area contributed by atoms with E-state index >= 15 is 0 Å². The van der Waals surface area contributed by atoms with Gasteiger partial charge < -0.3 is 14.2 Å². The third-order valence-electron chi connectivity index (χ3n) is 5.99. The van der Waals surface area contributed by atoms with E-state index in [2.05, 4.69) is 24.8 Å². The van der Waals surface area contributed by atoms with Gasteiger partial charge in [-0.15, -0.1) is 10.2 Å². The highest BCUT2D eigenvalue weighted by atomic mass is 16.5. The zero-order valence-electron chi connectivity index (χ0n) is 17.2. The SMILES string of the molecule is Cn1nc2cc(N3CCOc4cc(-c5nnc6n5CCCCC6)cnc43)ccn2c1=O. The molecule has 0 bridgehead atoms. The second kappa shape index (κ2) is 6.93. The monoisotopic (exact) mass is 418 g/mol. The van der Waals surface area contributed by atoms with Gasteiger partial charge in [0.2, 0.25) is 0 Å². The lowest BCUT2D eigenvalue weighted by Gasteiger charge is -2.30. The average Bonchev–Trinajstić information content (AvgIpc) is 3.22. The minimum Gasteiger partial charge on any atom is -0.488 e. The molecule has 10 nitrogen and oxygen atoms in total. The molecular formula is C21H22N8O2. The van der Waals surface area contributed by atoms with E-state index in [-0.39, 0.29) is 5.69 Å². The molecule has 0 unspecified atom stereocenters. The van der Waals surface area contributed by atoms with Crippen LogP contribution >= 0.6 is 0 Å². The van der Waals surface area contributed by atoms with Crippen molar-refractivity contribution in [2.24, 2.45) is 7.05 Å². The number of anilines is 2. The van der Waals surface area contributed by atoms with E-state index in [4.69, 9.17) is 9.72 Å². The molecule has 0 fully saturated rings. The van der Waals surface area contributed by atoms with Crippen molar-refractivity contribution in [3.05, 3.63) is 46.9 Å². The molecule has 10 heteroatoms. The summed E-state index contributed by atoms with van der Waals surface area (Å²) in [6.07, 6.45) is 8.07. The summed E-state index contributed by atoms with van der Waals surface area (Å²) in [4.78, 5) is 18.9. The molecule has 31 heavy (non-hydrogen) atoms. The molecule has 0 saturated heterocycles. The lowest BCUT2D eigenvalue weighted by molar-refractivity contribution is 0.312. The highest BCUT2D eigenvalue weighted by molar-refractivity contribution is 5.72. The van der Waals surface area contributed by atoms with E-state index in [0.717, 1.165) is 54.5 Å². The summed E-state index contributed by atoms with van der Waals surface area (Å²) in [6, 6.07) is 5.80. The van der Waals surface area contributed by atoms with Crippen molar-refractivity contribution in [2.45, 2.75) is 32.2 Å². The van der Waals surface area contributed by atoms with Gasteiger partial charge in [0.05, 0.1) is 6.54 Å². The highest BCUT2D eigenvalue weighted by Crippen LogP contribution is 2.37.